The Morgan fingerprint density at radius 3 is 2.13 bits per heavy atom. The second kappa shape index (κ2) is 12.9. The third kappa shape index (κ3) is 7.33. The summed E-state index contributed by atoms with van der Waals surface area (Å²) in [5.41, 5.74) is 0.860. The Kier molecular flexibility index (Phi) is 9.88. The van der Waals surface area contributed by atoms with E-state index in [1.165, 1.54) is 4.90 Å². The molecule has 3 rings (SSSR count). The molecule has 38 heavy (non-hydrogen) atoms. The zero-order valence-electron chi connectivity index (χ0n) is 21.5. The molecule has 0 unspecified atom stereocenters. The Morgan fingerprint density at radius 1 is 0.921 bits per heavy atom. The number of amides is 2. The Morgan fingerprint density at radius 2 is 1.53 bits per heavy atom. The van der Waals surface area contributed by atoms with E-state index in [9.17, 15) is 22.4 Å². The van der Waals surface area contributed by atoms with Crippen molar-refractivity contribution in [3.8, 4) is 0 Å². The molecule has 0 aliphatic carbocycles. The fourth-order valence-electron chi connectivity index (χ4n) is 3.70. The summed E-state index contributed by atoms with van der Waals surface area (Å²) in [4.78, 5) is 27.9. The molecule has 0 spiro atoms. The Hall–Kier alpha value is -3.43. The summed E-state index contributed by atoms with van der Waals surface area (Å²) in [6.45, 7) is 5.33. The normalized spacial score (nSPS) is 12.2. The molecule has 0 bridgehead atoms. The molecular weight excluding hydrogens is 529 g/mol. The number of sulfonamides is 1. The zero-order chi connectivity index (χ0) is 27.9. The van der Waals surface area contributed by atoms with E-state index in [1.807, 2.05) is 13.8 Å². The minimum absolute atomic E-state index is 0.00595. The number of benzene rings is 3. The smallest absolute Gasteiger partial charge is 0.264 e. The van der Waals surface area contributed by atoms with Crippen LogP contribution in [0, 0.1) is 11.7 Å². The van der Waals surface area contributed by atoms with Gasteiger partial charge in [-0.2, -0.15) is 0 Å². The van der Waals surface area contributed by atoms with Gasteiger partial charge in [0.05, 0.1) is 10.6 Å². The van der Waals surface area contributed by atoms with Crippen molar-refractivity contribution in [3.63, 3.8) is 0 Å². The van der Waals surface area contributed by atoms with Crippen molar-refractivity contribution >= 4 is 39.1 Å². The molecule has 0 saturated heterocycles. The van der Waals surface area contributed by atoms with Gasteiger partial charge in [0.25, 0.3) is 10.0 Å². The zero-order valence-corrected chi connectivity index (χ0v) is 23.0. The Labute approximate surface area is 228 Å². The highest BCUT2D eigenvalue weighted by molar-refractivity contribution is 7.92. The average molecular weight is 560 g/mol. The van der Waals surface area contributed by atoms with Crippen LogP contribution < -0.4 is 9.62 Å². The molecule has 0 aromatic heterocycles. The van der Waals surface area contributed by atoms with Gasteiger partial charge >= 0.3 is 0 Å². The number of carbonyl (C=O) groups excluding carboxylic acids is 2. The van der Waals surface area contributed by atoms with Crippen LogP contribution >= 0.6 is 11.6 Å². The summed E-state index contributed by atoms with van der Waals surface area (Å²) in [5, 5.41) is 3.25. The number of nitrogens with one attached hydrogen (secondary N) is 1. The number of nitrogens with zero attached hydrogens (tertiary/aromatic N) is 2. The maximum absolute atomic E-state index is 13.8. The van der Waals surface area contributed by atoms with Crippen molar-refractivity contribution in [2.45, 2.75) is 38.3 Å². The molecule has 7 nitrogen and oxygen atoms in total. The van der Waals surface area contributed by atoms with Crippen LogP contribution in [-0.4, -0.2) is 44.3 Å². The first-order chi connectivity index (χ1) is 18.0. The van der Waals surface area contributed by atoms with Gasteiger partial charge in [0.2, 0.25) is 11.8 Å². The molecule has 2 amide bonds. The van der Waals surface area contributed by atoms with Gasteiger partial charge in [0.1, 0.15) is 18.4 Å². The van der Waals surface area contributed by atoms with Crippen LogP contribution in [0.2, 0.25) is 5.02 Å². The lowest BCUT2D eigenvalue weighted by atomic mass is 10.1. The second-order valence-corrected chi connectivity index (χ2v) is 11.5. The van der Waals surface area contributed by atoms with Gasteiger partial charge in [-0.1, -0.05) is 61.8 Å². The fourth-order valence-corrected chi connectivity index (χ4v) is 5.31. The molecule has 10 heteroatoms. The van der Waals surface area contributed by atoms with E-state index < -0.39 is 34.3 Å². The summed E-state index contributed by atoms with van der Waals surface area (Å²) < 4.78 is 41.7. The summed E-state index contributed by atoms with van der Waals surface area (Å²) >= 11 is 6.35. The Bertz CT molecular complexity index is 1350. The molecule has 0 aliphatic rings. The molecule has 1 N–H and O–H groups in total. The lowest BCUT2D eigenvalue weighted by Crippen LogP contribution is -2.51. The van der Waals surface area contributed by atoms with Crippen molar-refractivity contribution in [1.29, 1.82) is 0 Å². The topological polar surface area (TPSA) is 86.8 Å². The van der Waals surface area contributed by atoms with Crippen molar-refractivity contribution in [1.82, 2.24) is 10.2 Å². The van der Waals surface area contributed by atoms with Crippen molar-refractivity contribution in [2.75, 3.05) is 17.4 Å². The molecular formula is C28H31ClFN3O4S. The van der Waals surface area contributed by atoms with E-state index >= 15 is 0 Å². The third-order valence-corrected chi connectivity index (χ3v) is 8.03. The van der Waals surface area contributed by atoms with Gasteiger partial charge in [-0.15, -0.1) is 0 Å². The second-order valence-electron chi connectivity index (χ2n) is 9.23. The van der Waals surface area contributed by atoms with Gasteiger partial charge in [0, 0.05) is 18.1 Å². The highest BCUT2D eigenvalue weighted by Gasteiger charge is 2.32. The quantitative estimate of drug-likeness (QED) is 0.363. The molecule has 0 saturated carbocycles. The molecule has 0 heterocycles. The van der Waals surface area contributed by atoms with Crippen LogP contribution in [0.3, 0.4) is 0 Å². The lowest BCUT2D eigenvalue weighted by molar-refractivity contribution is -0.139. The lowest BCUT2D eigenvalue weighted by Gasteiger charge is -2.32. The van der Waals surface area contributed by atoms with Crippen LogP contribution in [0.4, 0.5) is 10.1 Å². The van der Waals surface area contributed by atoms with Gasteiger partial charge in [0.15, 0.2) is 0 Å². The highest BCUT2D eigenvalue weighted by atomic mass is 35.5. The molecule has 0 radical (unpaired) electrons. The SMILES string of the molecule is CC(C)CNC(=O)[C@H](C)N(Cc1ccccc1Cl)C(=O)CN(c1ccccc1)S(=O)(=O)c1ccc(F)cc1. The first-order valence-corrected chi connectivity index (χ1v) is 14.0. The minimum Gasteiger partial charge on any atom is -0.354 e. The number of hydrogen-bond donors (Lipinski definition) is 1. The molecule has 1 atom stereocenters. The molecule has 3 aromatic carbocycles. The van der Waals surface area contributed by atoms with E-state index in [0.717, 1.165) is 28.6 Å². The molecule has 0 aliphatic heterocycles. The third-order valence-electron chi connectivity index (χ3n) is 5.88. The maximum Gasteiger partial charge on any atom is 0.264 e. The number of carbonyl (C=O) groups is 2. The van der Waals surface area contributed by atoms with Crippen molar-refractivity contribution in [3.05, 3.63) is 95.3 Å². The minimum atomic E-state index is -4.26. The van der Waals surface area contributed by atoms with E-state index in [4.69, 9.17) is 11.6 Å². The van der Waals surface area contributed by atoms with Crippen LogP contribution in [0.5, 0.6) is 0 Å². The van der Waals surface area contributed by atoms with Gasteiger partial charge < -0.3 is 10.2 Å². The first kappa shape index (κ1) is 29.1. The average Bonchev–Trinajstić information content (AvgIpc) is 2.90. The predicted molar refractivity (Wildman–Crippen MR) is 147 cm³/mol. The summed E-state index contributed by atoms with van der Waals surface area (Å²) in [5.74, 6) is -1.36. The Balaban J connectivity index is 1.99. The van der Waals surface area contributed by atoms with Crippen LogP contribution in [-0.2, 0) is 26.2 Å². The monoisotopic (exact) mass is 559 g/mol. The maximum atomic E-state index is 13.8. The van der Waals surface area contributed by atoms with Gasteiger partial charge in [-0.3, -0.25) is 13.9 Å². The number of para-hydroxylation sites is 1. The van der Waals surface area contributed by atoms with Crippen molar-refractivity contribution < 1.29 is 22.4 Å². The molecule has 0 fully saturated rings. The number of anilines is 1. The van der Waals surface area contributed by atoms with Crippen LogP contribution in [0.1, 0.15) is 26.3 Å². The number of rotatable bonds is 11. The first-order valence-electron chi connectivity index (χ1n) is 12.1. The molecule has 3 aromatic rings. The number of hydrogen-bond acceptors (Lipinski definition) is 4. The van der Waals surface area contributed by atoms with Gasteiger partial charge in [-0.25, -0.2) is 12.8 Å². The van der Waals surface area contributed by atoms with Crippen LogP contribution in [0.25, 0.3) is 0 Å². The molecule has 202 valence electrons. The predicted octanol–water partition coefficient (Wildman–Crippen LogP) is 4.86. The fraction of sp³-hybridized carbons (Fsp3) is 0.286. The highest BCUT2D eigenvalue weighted by Crippen LogP contribution is 2.25. The number of halogens is 2. The summed E-state index contributed by atoms with van der Waals surface area (Å²) in [6, 6.07) is 18.6. The van der Waals surface area contributed by atoms with Crippen molar-refractivity contribution in [2.24, 2.45) is 5.92 Å². The summed E-state index contributed by atoms with van der Waals surface area (Å²) in [7, 11) is -4.26. The van der Waals surface area contributed by atoms with E-state index in [0.29, 0.717) is 17.1 Å². The van der Waals surface area contributed by atoms with Crippen LogP contribution in [0.15, 0.2) is 83.8 Å². The standard InChI is InChI=1S/C28H31ClFN3O4S/c1-20(2)17-31-28(35)21(3)32(18-22-9-7-8-12-26(22)29)27(34)19-33(24-10-5-4-6-11-24)38(36,37)25-15-13-23(30)14-16-25/h4-16,20-21H,17-19H2,1-3H3,(H,31,35)/t21-/m0/s1. The van der Waals surface area contributed by atoms with E-state index in [-0.39, 0.29) is 29.0 Å². The van der Waals surface area contributed by atoms with E-state index in [1.54, 1.807) is 61.5 Å². The largest absolute Gasteiger partial charge is 0.354 e. The van der Waals surface area contributed by atoms with E-state index in [2.05, 4.69) is 5.32 Å². The van der Waals surface area contributed by atoms with Gasteiger partial charge in [-0.05, 0) is 60.9 Å². The summed E-state index contributed by atoms with van der Waals surface area (Å²) in [6.07, 6.45) is 0.